The quantitative estimate of drug-likeness (QED) is 0.679. The smallest absolute Gasteiger partial charge is 0.125 e. The van der Waals surface area contributed by atoms with Crippen molar-refractivity contribution in [2.24, 2.45) is 0 Å². The first-order valence-electron chi connectivity index (χ1n) is 5.18. The summed E-state index contributed by atoms with van der Waals surface area (Å²) in [5.41, 5.74) is 1.09. The van der Waals surface area contributed by atoms with Gasteiger partial charge in [0.15, 0.2) is 0 Å². The summed E-state index contributed by atoms with van der Waals surface area (Å²) in [5, 5.41) is 12.5. The maximum Gasteiger partial charge on any atom is 0.125 e. The summed E-state index contributed by atoms with van der Waals surface area (Å²) in [5.74, 6) is 0.899. The fourth-order valence-electron chi connectivity index (χ4n) is 1.80. The molecule has 0 saturated carbocycles. The van der Waals surface area contributed by atoms with Gasteiger partial charge < -0.3 is 5.32 Å². The van der Waals surface area contributed by atoms with Crippen molar-refractivity contribution in [3.63, 3.8) is 0 Å². The zero-order valence-corrected chi connectivity index (χ0v) is 8.64. The number of rotatable bonds is 2. The van der Waals surface area contributed by atoms with Crippen LogP contribution in [0, 0.1) is 0 Å². The van der Waals surface area contributed by atoms with E-state index in [9.17, 15) is 0 Å². The summed E-state index contributed by atoms with van der Waals surface area (Å²) in [6.07, 6.45) is 1.73. The van der Waals surface area contributed by atoms with E-state index in [1.165, 1.54) is 10.8 Å². The highest BCUT2D eigenvalue weighted by molar-refractivity contribution is 5.95. The van der Waals surface area contributed by atoms with Gasteiger partial charge in [-0.1, -0.05) is 36.4 Å². The fourth-order valence-corrected chi connectivity index (χ4v) is 1.80. The number of H-pyrrole nitrogens is 1. The maximum atomic E-state index is 3.91. The summed E-state index contributed by atoms with van der Waals surface area (Å²) in [4.78, 5) is 0. The molecule has 0 saturated heterocycles. The molecule has 0 aliphatic heterocycles. The molecule has 0 aliphatic rings. The number of aromatic amines is 1. The Morgan fingerprint density at radius 1 is 0.938 bits per heavy atom. The Hall–Kier alpha value is -2.29. The summed E-state index contributed by atoms with van der Waals surface area (Å²) >= 11 is 0. The molecule has 0 fully saturated rings. The molecule has 0 spiro atoms. The lowest BCUT2D eigenvalue weighted by Gasteiger charge is -2.07. The second-order valence-corrected chi connectivity index (χ2v) is 3.62. The molecule has 3 nitrogen and oxygen atoms in total. The minimum Gasteiger partial charge on any atom is -0.340 e. The zero-order valence-electron chi connectivity index (χ0n) is 8.64. The van der Waals surface area contributed by atoms with Crippen LogP contribution < -0.4 is 5.32 Å². The second kappa shape index (κ2) is 3.70. The van der Waals surface area contributed by atoms with E-state index in [2.05, 4.69) is 39.8 Å². The van der Waals surface area contributed by atoms with Crippen molar-refractivity contribution >= 4 is 22.3 Å². The fraction of sp³-hybridized carbons (Fsp3) is 0. The molecular weight excluding hydrogens is 198 g/mol. The first-order chi connectivity index (χ1) is 7.93. The monoisotopic (exact) mass is 209 g/mol. The molecule has 0 amide bonds. The lowest BCUT2D eigenvalue weighted by Crippen LogP contribution is -1.91. The van der Waals surface area contributed by atoms with E-state index >= 15 is 0 Å². The lowest BCUT2D eigenvalue weighted by atomic mass is 10.1. The number of hydrogen-bond acceptors (Lipinski definition) is 2. The molecule has 0 unspecified atom stereocenters. The number of nitrogens with one attached hydrogen (secondary N) is 2. The molecule has 1 heterocycles. The number of hydrogen-bond donors (Lipinski definition) is 2. The third-order valence-electron chi connectivity index (χ3n) is 2.56. The Bertz CT molecular complexity index is 594. The highest BCUT2D eigenvalue weighted by atomic mass is 15.2. The molecular formula is C13H11N3. The van der Waals surface area contributed by atoms with Gasteiger partial charge in [-0.25, -0.2) is 0 Å². The van der Waals surface area contributed by atoms with E-state index < -0.39 is 0 Å². The Kier molecular flexibility index (Phi) is 2.07. The Morgan fingerprint density at radius 3 is 2.69 bits per heavy atom. The molecule has 3 aromatic rings. The SMILES string of the molecule is c1ccc2c(Nc3ccn[nH]3)cccc2c1. The molecule has 2 aromatic carbocycles. The molecule has 0 aliphatic carbocycles. The van der Waals surface area contributed by atoms with E-state index in [1.54, 1.807) is 6.20 Å². The summed E-state index contributed by atoms with van der Waals surface area (Å²) in [7, 11) is 0. The van der Waals surface area contributed by atoms with Crippen LogP contribution in [0.3, 0.4) is 0 Å². The van der Waals surface area contributed by atoms with Gasteiger partial charge in [0.1, 0.15) is 5.82 Å². The Balaban J connectivity index is 2.10. The van der Waals surface area contributed by atoms with Crippen LogP contribution in [0.2, 0.25) is 0 Å². The molecule has 3 rings (SSSR count). The highest BCUT2D eigenvalue weighted by Crippen LogP contribution is 2.25. The van der Waals surface area contributed by atoms with Crippen molar-refractivity contribution in [1.82, 2.24) is 10.2 Å². The third kappa shape index (κ3) is 1.52. The van der Waals surface area contributed by atoms with Gasteiger partial charge in [-0.2, -0.15) is 5.10 Å². The molecule has 78 valence electrons. The van der Waals surface area contributed by atoms with Crippen molar-refractivity contribution in [2.75, 3.05) is 5.32 Å². The Labute approximate surface area is 93.1 Å². The van der Waals surface area contributed by atoms with Crippen molar-refractivity contribution in [1.29, 1.82) is 0 Å². The lowest BCUT2D eigenvalue weighted by molar-refractivity contribution is 1.09. The largest absolute Gasteiger partial charge is 0.340 e. The highest BCUT2D eigenvalue weighted by Gasteiger charge is 2.00. The van der Waals surface area contributed by atoms with Gasteiger partial charge >= 0.3 is 0 Å². The predicted molar refractivity (Wildman–Crippen MR) is 65.8 cm³/mol. The Morgan fingerprint density at radius 2 is 1.81 bits per heavy atom. The van der Waals surface area contributed by atoms with Crippen molar-refractivity contribution in [3.8, 4) is 0 Å². The molecule has 3 heteroatoms. The molecule has 0 atom stereocenters. The van der Waals surface area contributed by atoms with Crippen LogP contribution in [0.4, 0.5) is 11.5 Å². The van der Waals surface area contributed by atoms with Crippen LogP contribution in [0.5, 0.6) is 0 Å². The summed E-state index contributed by atoms with van der Waals surface area (Å²) in [6.45, 7) is 0. The van der Waals surface area contributed by atoms with Gasteiger partial charge in [0.2, 0.25) is 0 Å². The molecule has 0 bridgehead atoms. The van der Waals surface area contributed by atoms with Gasteiger partial charge in [-0.3, -0.25) is 5.10 Å². The van der Waals surface area contributed by atoms with Crippen LogP contribution in [-0.2, 0) is 0 Å². The number of fused-ring (bicyclic) bond motifs is 1. The normalized spacial score (nSPS) is 10.5. The zero-order chi connectivity index (χ0) is 10.8. The van der Waals surface area contributed by atoms with Crippen LogP contribution in [0.25, 0.3) is 10.8 Å². The average Bonchev–Trinajstić information content (AvgIpc) is 2.82. The van der Waals surface area contributed by atoms with Crippen LogP contribution in [-0.4, -0.2) is 10.2 Å². The first-order valence-corrected chi connectivity index (χ1v) is 5.18. The van der Waals surface area contributed by atoms with E-state index in [-0.39, 0.29) is 0 Å². The number of benzene rings is 2. The standard InChI is InChI=1S/C13H11N3/c1-2-6-11-10(4-1)5-3-7-12(11)15-13-8-9-14-16-13/h1-9H,(H2,14,15,16). The van der Waals surface area contributed by atoms with E-state index in [1.807, 2.05) is 24.3 Å². The van der Waals surface area contributed by atoms with Crippen molar-refractivity contribution in [2.45, 2.75) is 0 Å². The summed E-state index contributed by atoms with van der Waals surface area (Å²) < 4.78 is 0. The minimum atomic E-state index is 0.899. The molecule has 1 aromatic heterocycles. The van der Waals surface area contributed by atoms with E-state index in [4.69, 9.17) is 0 Å². The van der Waals surface area contributed by atoms with Crippen molar-refractivity contribution < 1.29 is 0 Å². The van der Waals surface area contributed by atoms with Gasteiger partial charge in [0.25, 0.3) is 0 Å². The maximum absolute atomic E-state index is 3.91. The van der Waals surface area contributed by atoms with Crippen LogP contribution in [0.1, 0.15) is 0 Å². The summed E-state index contributed by atoms with van der Waals surface area (Å²) in [6, 6.07) is 16.4. The molecule has 0 radical (unpaired) electrons. The predicted octanol–water partition coefficient (Wildman–Crippen LogP) is 3.31. The molecule has 16 heavy (non-hydrogen) atoms. The van der Waals surface area contributed by atoms with Crippen molar-refractivity contribution in [3.05, 3.63) is 54.7 Å². The minimum absolute atomic E-state index is 0.899. The number of aromatic nitrogens is 2. The third-order valence-corrected chi connectivity index (χ3v) is 2.56. The van der Waals surface area contributed by atoms with Crippen LogP contribution in [0.15, 0.2) is 54.7 Å². The van der Waals surface area contributed by atoms with E-state index in [0.29, 0.717) is 0 Å². The first kappa shape index (κ1) is 8.97. The average molecular weight is 209 g/mol. The van der Waals surface area contributed by atoms with E-state index in [0.717, 1.165) is 11.5 Å². The number of nitrogens with zero attached hydrogens (tertiary/aromatic N) is 1. The van der Waals surface area contributed by atoms with Gasteiger partial charge in [0.05, 0.1) is 6.20 Å². The van der Waals surface area contributed by atoms with Gasteiger partial charge in [0, 0.05) is 17.1 Å². The molecule has 2 N–H and O–H groups in total. The van der Waals surface area contributed by atoms with Gasteiger partial charge in [-0.15, -0.1) is 0 Å². The topological polar surface area (TPSA) is 40.7 Å². The van der Waals surface area contributed by atoms with Gasteiger partial charge in [-0.05, 0) is 11.5 Å². The second-order valence-electron chi connectivity index (χ2n) is 3.62. The van der Waals surface area contributed by atoms with Crippen LogP contribution >= 0.6 is 0 Å². The number of anilines is 2.